The van der Waals surface area contributed by atoms with Gasteiger partial charge >= 0.3 is 0 Å². The zero-order valence-corrected chi connectivity index (χ0v) is 10.8. The second-order valence-corrected chi connectivity index (χ2v) is 5.48. The third-order valence-electron chi connectivity index (χ3n) is 3.25. The lowest BCUT2D eigenvalue weighted by molar-refractivity contribution is 0.361. The number of halogens is 1. The first kappa shape index (κ1) is 10.8. The van der Waals surface area contributed by atoms with Crippen molar-refractivity contribution in [1.82, 2.24) is 0 Å². The summed E-state index contributed by atoms with van der Waals surface area (Å²) in [5.41, 5.74) is 2.74. The Kier molecular flexibility index (Phi) is 2.91. The Morgan fingerprint density at radius 3 is 2.60 bits per heavy atom. The Morgan fingerprint density at radius 2 is 1.93 bits per heavy atom. The molecule has 1 aliphatic heterocycles. The predicted octanol–water partition coefficient (Wildman–Crippen LogP) is 3.70. The molecule has 0 fully saturated rings. The van der Waals surface area contributed by atoms with Crippen molar-refractivity contribution in [3.05, 3.63) is 22.7 Å². The molecule has 82 valence electrons. The van der Waals surface area contributed by atoms with Gasteiger partial charge in [-0.05, 0) is 24.6 Å². The van der Waals surface area contributed by atoms with Crippen LogP contribution in [0.4, 0.5) is 11.4 Å². The van der Waals surface area contributed by atoms with Crippen molar-refractivity contribution in [3.63, 3.8) is 0 Å². The molecule has 0 radical (unpaired) electrons. The third kappa shape index (κ3) is 2.28. The molecule has 0 spiro atoms. The van der Waals surface area contributed by atoms with Gasteiger partial charge in [-0.1, -0.05) is 29.8 Å². The van der Waals surface area contributed by atoms with Gasteiger partial charge in [0.2, 0.25) is 0 Å². The second kappa shape index (κ2) is 4.05. The molecular formula is C12H17BrN2. The van der Waals surface area contributed by atoms with E-state index < -0.39 is 0 Å². The lowest BCUT2D eigenvalue weighted by Gasteiger charge is -2.26. The topological polar surface area (TPSA) is 24.1 Å². The van der Waals surface area contributed by atoms with Crippen LogP contribution in [0.15, 0.2) is 22.7 Å². The maximum Gasteiger partial charge on any atom is 0.0587 e. The summed E-state index contributed by atoms with van der Waals surface area (Å²) >= 11 is 3.49. The highest BCUT2D eigenvalue weighted by molar-refractivity contribution is 9.10. The highest BCUT2D eigenvalue weighted by Gasteiger charge is 2.25. The summed E-state index contributed by atoms with van der Waals surface area (Å²) in [6.07, 6.45) is 1.18. The Balaban J connectivity index is 2.25. The highest BCUT2D eigenvalue weighted by atomic mass is 79.9. The second-order valence-electron chi connectivity index (χ2n) is 4.56. The molecule has 3 heteroatoms. The Hall–Kier alpha value is -0.700. The fourth-order valence-electron chi connectivity index (χ4n) is 1.75. The van der Waals surface area contributed by atoms with Gasteiger partial charge in [0, 0.05) is 23.0 Å². The Labute approximate surface area is 99.6 Å². The van der Waals surface area contributed by atoms with Gasteiger partial charge in [-0.25, -0.2) is 0 Å². The van der Waals surface area contributed by atoms with Crippen LogP contribution in [0, 0.1) is 5.41 Å². The van der Waals surface area contributed by atoms with Gasteiger partial charge in [0.25, 0.3) is 0 Å². The summed E-state index contributed by atoms with van der Waals surface area (Å²) < 4.78 is 1.12. The van der Waals surface area contributed by atoms with Gasteiger partial charge in [0.1, 0.15) is 0 Å². The molecule has 1 heterocycles. The van der Waals surface area contributed by atoms with Gasteiger partial charge in [-0.3, -0.25) is 0 Å². The van der Waals surface area contributed by atoms with Crippen molar-refractivity contribution in [1.29, 1.82) is 0 Å². The highest BCUT2D eigenvalue weighted by Crippen LogP contribution is 2.32. The van der Waals surface area contributed by atoms with Gasteiger partial charge in [0.15, 0.2) is 0 Å². The molecule has 1 aliphatic rings. The molecule has 2 rings (SSSR count). The molecule has 0 saturated carbocycles. The van der Waals surface area contributed by atoms with E-state index in [-0.39, 0.29) is 0 Å². The summed E-state index contributed by atoms with van der Waals surface area (Å²) in [4.78, 5) is 0. The zero-order valence-electron chi connectivity index (χ0n) is 9.23. The minimum Gasteiger partial charge on any atom is -0.383 e. The fourth-order valence-corrected chi connectivity index (χ4v) is 2.11. The minimum absolute atomic E-state index is 0.339. The third-order valence-corrected chi connectivity index (χ3v) is 3.74. The standard InChI is InChI=1S/C12H17BrN2/c1-3-12(2)7-14-10-5-4-9(13)6-11(10)15-8-12/h4-6,14-15H,3,7-8H2,1-2H3. The first-order chi connectivity index (χ1) is 7.13. The van der Waals surface area contributed by atoms with Crippen LogP contribution in [0.25, 0.3) is 0 Å². The first-order valence-electron chi connectivity index (χ1n) is 5.40. The average Bonchev–Trinajstić information content (AvgIpc) is 2.40. The monoisotopic (exact) mass is 268 g/mol. The van der Waals surface area contributed by atoms with Crippen molar-refractivity contribution in [2.75, 3.05) is 23.7 Å². The van der Waals surface area contributed by atoms with E-state index in [1.165, 1.54) is 17.8 Å². The Bertz CT molecular complexity index is 365. The van der Waals surface area contributed by atoms with Crippen LogP contribution in [0.1, 0.15) is 20.3 Å². The molecule has 0 aromatic heterocycles. The van der Waals surface area contributed by atoms with Crippen LogP contribution in [-0.4, -0.2) is 13.1 Å². The summed E-state index contributed by atoms with van der Waals surface area (Å²) in [5.74, 6) is 0. The Morgan fingerprint density at radius 1 is 1.27 bits per heavy atom. The molecule has 0 amide bonds. The summed E-state index contributed by atoms with van der Waals surface area (Å²) in [6, 6.07) is 6.32. The predicted molar refractivity (Wildman–Crippen MR) is 69.5 cm³/mol. The van der Waals surface area contributed by atoms with Crippen LogP contribution in [0.5, 0.6) is 0 Å². The van der Waals surface area contributed by atoms with Crippen LogP contribution < -0.4 is 10.6 Å². The first-order valence-corrected chi connectivity index (χ1v) is 6.19. The van der Waals surface area contributed by atoms with E-state index in [0.717, 1.165) is 17.6 Å². The van der Waals surface area contributed by atoms with Crippen LogP contribution in [0.2, 0.25) is 0 Å². The number of hydrogen-bond acceptors (Lipinski definition) is 2. The van der Waals surface area contributed by atoms with Crippen molar-refractivity contribution < 1.29 is 0 Å². The summed E-state index contributed by atoms with van der Waals surface area (Å²) in [6.45, 7) is 6.62. The molecule has 15 heavy (non-hydrogen) atoms. The molecule has 0 saturated heterocycles. The maximum absolute atomic E-state index is 3.51. The molecule has 1 aromatic rings. The average molecular weight is 269 g/mol. The van der Waals surface area contributed by atoms with E-state index in [4.69, 9.17) is 0 Å². The van der Waals surface area contributed by atoms with Crippen LogP contribution in [-0.2, 0) is 0 Å². The van der Waals surface area contributed by atoms with E-state index in [1.807, 2.05) is 0 Å². The van der Waals surface area contributed by atoms with Crippen LogP contribution in [0.3, 0.4) is 0 Å². The number of nitrogens with one attached hydrogen (secondary N) is 2. The lowest BCUT2D eigenvalue weighted by atomic mass is 9.88. The van der Waals surface area contributed by atoms with Crippen LogP contribution >= 0.6 is 15.9 Å². The number of rotatable bonds is 1. The van der Waals surface area contributed by atoms with Gasteiger partial charge < -0.3 is 10.6 Å². The largest absolute Gasteiger partial charge is 0.383 e. The molecule has 1 unspecified atom stereocenters. The quantitative estimate of drug-likeness (QED) is 0.812. The summed E-state index contributed by atoms with van der Waals surface area (Å²) in [7, 11) is 0. The van der Waals surface area contributed by atoms with Crippen molar-refractivity contribution >= 4 is 27.3 Å². The van der Waals surface area contributed by atoms with E-state index in [2.05, 4.69) is 58.6 Å². The normalized spacial score (nSPS) is 24.7. The van der Waals surface area contributed by atoms with E-state index in [0.29, 0.717) is 5.41 Å². The smallest absolute Gasteiger partial charge is 0.0587 e. The summed E-state index contributed by atoms with van der Waals surface area (Å²) in [5, 5.41) is 7.03. The maximum atomic E-state index is 3.51. The lowest BCUT2D eigenvalue weighted by Crippen LogP contribution is -2.30. The number of benzene rings is 1. The van der Waals surface area contributed by atoms with E-state index in [1.54, 1.807) is 0 Å². The van der Waals surface area contributed by atoms with Gasteiger partial charge in [-0.2, -0.15) is 0 Å². The molecule has 0 bridgehead atoms. The molecule has 2 N–H and O–H groups in total. The molecule has 2 nitrogen and oxygen atoms in total. The zero-order chi connectivity index (χ0) is 10.9. The van der Waals surface area contributed by atoms with Crippen molar-refractivity contribution in [2.24, 2.45) is 5.41 Å². The SMILES string of the molecule is CCC1(C)CNc2ccc(Br)cc2NC1. The van der Waals surface area contributed by atoms with Crippen molar-refractivity contribution in [2.45, 2.75) is 20.3 Å². The van der Waals surface area contributed by atoms with Gasteiger partial charge in [0.05, 0.1) is 11.4 Å². The van der Waals surface area contributed by atoms with E-state index >= 15 is 0 Å². The van der Waals surface area contributed by atoms with Crippen molar-refractivity contribution in [3.8, 4) is 0 Å². The fraction of sp³-hybridized carbons (Fsp3) is 0.500. The molecule has 1 aromatic carbocycles. The number of hydrogen-bond donors (Lipinski definition) is 2. The molecule has 0 aliphatic carbocycles. The number of fused-ring (bicyclic) bond motifs is 1. The van der Waals surface area contributed by atoms with Gasteiger partial charge in [-0.15, -0.1) is 0 Å². The van der Waals surface area contributed by atoms with E-state index in [9.17, 15) is 0 Å². The minimum atomic E-state index is 0.339. The molecule has 1 atom stereocenters. The number of anilines is 2. The molecular weight excluding hydrogens is 252 g/mol.